The molecule has 0 bridgehead atoms. The van der Waals surface area contributed by atoms with Gasteiger partial charge in [-0.15, -0.1) is 0 Å². The molecule has 1 aromatic rings. The standard InChI is InChI=1S/C19H20N2O4/c1-12(22)13-6-4-5-9-16(13)20-17(23)10-11-21-18(24)14-7-2-3-8-15(14)19(21)25/h2-6,9,14-15H,7-8,10-11H2,1H3,(H,20,23). The number of likely N-dealkylation sites (tertiary alicyclic amines) is 1. The molecule has 0 saturated carbocycles. The van der Waals surface area contributed by atoms with Crippen LogP contribution >= 0.6 is 0 Å². The number of Topliss-reactive ketones (excluding diaryl/α,β-unsaturated/α-hetero) is 1. The van der Waals surface area contributed by atoms with E-state index in [4.69, 9.17) is 0 Å². The number of carbonyl (C=O) groups excluding carboxylic acids is 4. The van der Waals surface area contributed by atoms with E-state index >= 15 is 0 Å². The van der Waals surface area contributed by atoms with Crippen molar-refractivity contribution in [2.45, 2.75) is 26.2 Å². The molecule has 1 aliphatic heterocycles. The molecule has 2 unspecified atom stereocenters. The summed E-state index contributed by atoms with van der Waals surface area (Å²) >= 11 is 0. The predicted octanol–water partition coefficient (Wildman–Crippen LogP) is 2.17. The van der Waals surface area contributed by atoms with Crippen molar-refractivity contribution in [2.75, 3.05) is 11.9 Å². The first kappa shape index (κ1) is 17.1. The molecule has 1 saturated heterocycles. The van der Waals surface area contributed by atoms with Crippen molar-refractivity contribution in [3.05, 3.63) is 42.0 Å². The maximum absolute atomic E-state index is 12.4. The van der Waals surface area contributed by atoms with Gasteiger partial charge in [0.05, 0.1) is 17.5 Å². The minimum atomic E-state index is -0.331. The highest BCUT2D eigenvalue weighted by Gasteiger charge is 2.46. The van der Waals surface area contributed by atoms with E-state index in [-0.39, 0.29) is 48.3 Å². The van der Waals surface area contributed by atoms with Crippen LogP contribution in [-0.4, -0.2) is 34.9 Å². The quantitative estimate of drug-likeness (QED) is 0.506. The molecule has 25 heavy (non-hydrogen) atoms. The molecule has 1 fully saturated rings. The Morgan fingerprint density at radius 3 is 2.28 bits per heavy atom. The Kier molecular flexibility index (Phi) is 4.79. The molecule has 0 spiro atoms. The molecule has 3 rings (SSSR count). The van der Waals surface area contributed by atoms with Gasteiger partial charge in [0.25, 0.3) is 0 Å². The Morgan fingerprint density at radius 2 is 1.68 bits per heavy atom. The first-order chi connectivity index (χ1) is 12.0. The normalized spacial score (nSPS) is 22.0. The molecule has 130 valence electrons. The summed E-state index contributed by atoms with van der Waals surface area (Å²) in [4.78, 5) is 49.7. The van der Waals surface area contributed by atoms with Crippen molar-refractivity contribution in [3.63, 3.8) is 0 Å². The van der Waals surface area contributed by atoms with E-state index in [1.165, 1.54) is 11.8 Å². The molecule has 1 aliphatic carbocycles. The van der Waals surface area contributed by atoms with E-state index in [9.17, 15) is 19.2 Å². The van der Waals surface area contributed by atoms with E-state index in [0.29, 0.717) is 24.1 Å². The van der Waals surface area contributed by atoms with Gasteiger partial charge in [-0.05, 0) is 31.9 Å². The molecule has 0 aromatic heterocycles. The fraction of sp³-hybridized carbons (Fsp3) is 0.368. The Balaban J connectivity index is 1.61. The van der Waals surface area contributed by atoms with Gasteiger partial charge >= 0.3 is 0 Å². The lowest BCUT2D eigenvalue weighted by Crippen LogP contribution is -2.34. The number of para-hydroxylation sites is 1. The van der Waals surface area contributed by atoms with E-state index in [0.717, 1.165) is 0 Å². The predicted molar refractivity (Wildman–Crippen MR) is 91.8 cm³/mol. The highest BCUT2D eigenvalue weighted by atomic mass is 16.2. The van der Waals surface area contributed by atoms with Crippen LogP contribution in [0.5, 0.6) is 0 Å². The summed E-state index contributed by atoms with van der Waals surface area (Å²) in [5, 5.41) is 2.69. The summed E-state index contributed by atoms with van der Waals surface area (Å²) in [5.41, 5.74) is 0.873. The molecule has 1 heterocycles. The molecule has 3 amide bonds. The summed E-state index contributed by atoms with van der Waals surface area (Å²) < 4.78 is 0. The zero-order valence-corrected chi connectivity index (χ0v) is 14.0. The van der Waals surface area contributed by atoms with Crippen LogP contribution < -0.4 is 5.32 Å². The summed E-state index contributed by atoms with van der Waals surface area (Å²) in [7, 11) is 0. The van der Waals surface area contributed by atoms with Crippen molar-refractivity contribution >= 4 is 29.2 Å². The number of fused-ring (bicyclic) bond motifs is 1. The zero-order chi connectivity index (χ0) is 18.0. The second-order valence-electron chi connectivity index (χ2n) is 6.38. The molecule has 2 atom stereocenters. The number of imide groups is 1. The van der Waals surface area contributed by atoms with Crippen molar-refractivity contribution in [2.24, 2.45) is 11.8 Å². The topological polar surface area (TPSA) is 83.6 Å². The first-order valence-corrected chi connectivity index (χ1v) is 8.39. The van der Waals surface area contributed by atoms with Crippen LogP contribution in [0.1, 0.15) is 36.5 Å². The van der Waals surface area contributed by atoms with Crippen LogP contribution in [0.4, 0.5) is 5.69 Å². The molecule has 6 heteroatoms. The number of allylic oxidation sites excluding steroid dienone is 2. The second-order valence-corrected chi connectivity index (χ2v) is 6.38. The number of carbonyl (C=O) groups is 4. The van der Waals surface area contributed by atoms with Crippen molar-refractivity contribution in [1.82, 2.24) is 4.90 Å². The molecule has 0 radical (unpaired) electrons. The van der Waals surface area contributed by atoms with Crippen LogP contribution in [0.2, 0.25) is 0 Å². The number of anilines is 1. The van der Waals surface area contributed by atoms with Gasteiger partial charge < -0.3 is 5.32 Å². The maximum atomic E-state index is 12.4. The molecular weight excluding hydrogens is 320 g/mol. The number of nitrogens with zero attached hydrogens (tertiary/aromatic N) is 1. The highest BCUT2D eigenvalue weighted by Crippen LogP contribution is 2.35. The van der Waals surface area contributed by atoms with Crippen LogP contribution in [0.25, 0.3) is 0 Å². The molecule has 1 N–H and O–H groups in total. The van der Waals surface area contributed by atoms with Gasteiger partial charge in [0.2, 0.25) is 17.7 Å². The Hall–Kier alpha value is -2.76. The third-order valence-corrected chi connectivity index (χ3v) is 4.74. The lowest BCUT2D eigenvalue weighted by molar-refractivity contribution is -0.140. The van der Waals surface area contributed by atoms with E-state index in [2.05, 4.69) is 5.32 Å². The number of hydrogen-bond acceptors (Lipinski definition) is 4. The van der Waals surface area contributed by atoms with Crippen LogP contribution in [0.15, 0.2) is 36.4 Å². The third kappa shape index (κ3) is 3.38. The van der Waals surface area contributed by atoms with Gasteiger partial charge in [-0.3, -0.25) is 24.1 Å². The average Bonchev–Trinajstić information content (AvgIpc) is 2.85. The molecule has 2 aliphatic rings. The number of rotatable bonds is 5. The van der Waals surface area contributed by atoms with Gasteiger partial charge in [0.15, 0.2) is 5.78 Å². The third-order valence-electron chi connectivity index (χ3n) is 4.74. The van der Waals surface area contributed by atoms with Crippen molar-refractivity contribution in [1.29, 1.82) is 0 Å². The number of benzene rings is 1. The Bertz CT molecular complexity index is 742. The summed E-state index contributed by atoms with van der Waals surface area (Å²) in [6.45, 7) is 1.50. The Labute approximate surface area is 145 Å². The highest BCUT2D eigenvalue weighted by molar-refractivity contribution is 6.06. The summed E-state index contributed by atoms with van der Waals surface area (Å²) in [6, 6.07) is 6.75. The van der Waals surface area contributed by atoms with Gasteiger partial charge in [0.1, 0.15) is 0 Å². The molecule has 6 nitrogen and oxygen atoms in total. The van der Waals surface area contributed by atoms with Crippen molar-refractivity contribution in [3.8, 4) is 0 Å². The lowest BCUT2D eigenvalue weighted by atomic mass is 9.85. The van der Waals surface area contributed by atoms with E-state index in [1.807, 2.05) is 12.2 Å². The van der Waals surface area contributed by atoms with Gasteiger partial charge in [-0.25, -0.2) is 0 Å². The van der Waals surface area contributed by atoms with Crippen LogP contribution in [-0.2, 0) is 14.4 Å². The number of hydrogen-bond donors (Lipinski definition) is 1. The SMILES string of the molecule is CC(=O)c1ccccc1NC(=O)CCN1C(=O)C2CC=CCC2C1=O. The average molecular weight is 340 g/mol. The minimum absolute atomic E-state index is 0.0105. The maximum Gasteiger partial charge on any atom is 0.233 e. The fourth-order valence-corrected chi connectivity index (χ4v) is 3.41. The van der Waals surface area contributed by atoms with Gasteiger partial charge in [-0.2, -0.15) is 0 Å². The lowest BCUT2D eigenvalue weighted by Gasteiger charge is -2.15. The molecular formula is C19H20N2O4. The van der Waals surface area contributed by atoms with E-state index in [1.54, 1.807) is 24.3 Å². The number of amides is 3. The minimum Gasteiger partial charge on any atom is -0.325 e. The largest absolute Gasteiger partial charge is 0.325 e. The fourth-order valence-electron chi connectivity index (χ4n) is 3.41. The number of nitrogens with one attached hydrogen (secondary N) is 1. The Morgan fingerprint density at radius 1 is 1.08 bits per heavy atom. The monoisotopic (exact) mass is 340 g/mol. The summed E-state index contributed by atoms with van der Waals surface area (Å²) in [6.07, 6.45) is 5.05. The smallest absolute Gasteiger partial charge is 0.233 e. The van der Waals surface area contributed by atoms with E-state index < -0.39 is 0 Å². The zero-order valence-electron chi connectivity index (χ0n) is 14.0. The van der Waals surface area contributed by atoms with Crippen molar-refractivity contribution < 1.29 is 19.2 Å². The second kappa shape index (κ2) is 7.01. The van der Waals surface area contributed by atoms with Crippen LogP contribution in [0.3, 0.4) is 0 Å². The number of ketones is 1. The first-order valence-electron chi connectivity index (χ1n) is 8.39. The molecule has 1 aromatic carbocycles. The van der Waals surface area contributed by atoms with Crippen LogP contribution in [0, 0.1) is 11.8 Å². The van der Waals surface area contributed by atoms with Gasteiger partial charge in [-0.1, -0.05) is 24.3 Å². The van der Waals surface area contributed by atoms with Gasteiger partial charge in [0, 0.05) is 18.5 Å². The summed E-state index contributed by atoms with van der Waals surface area (Å²) in [5.74, 6) is -1.40.